The molecule has 0 saturated carbocycles. The van der Waals surface area contributed by atoms with Crippen molar-refractivity contribution in [3.05, 3.63) is 45.2 Å². The first-order chi connectivity index (χ1) is 11.0. The lowest BCUT2D eigenvalue weighted by molar-refractivity contribution is 0.0532. The smallest absolute Gasteiger partial charge is 0.357 e. The highest BCUT2D eigenvalue weighted by Crippen LogP contribution is 2.35. The molecule has 0 unspecified atom stereocenters. The number of nitrogen functional groups attached to an aromatic ring is 1. The van der Waals surface area contributed by atoms with E-state index in [1.54, 1.807) is 12.1 Å². The number of ether oxygens (including phenoxy) is 2. The van der Waals surface area contributed by atoms with Gasteiger partial charge in [0, 0.05) is 16.2 Å². The number of methoxy groups -OCH3 is 1. The molecule has 0 spiro atoms. The van der Waals surface area contributed by atoms with Gasteiger partial charge in [-0.05, 0) is 22.0 Å². The Morgan fingerprint density at radius 2 is 2.26 bits per heavy atom. The molecule has 2 heterocycles. The molecule has 0 amide bonds. The van der Waals surface area contributed by atoms with Crippen molar-refractivity contribution >= 4 is 33.6 Å². The lowest BCUT2D eigenvalue weighted by atomic mass is 10.1. The Morgan fingerprint density at radius 3 is 2.91 bits per heavy atom. The average molecular weight is 376 g/mol. The van der Waals surface area contributed by atoms with Crippen LogP contribution in [-0.4, -0.2) is 23.6 Å². The molecule has 7 nitrogen and oxygen atoms in total. The van der Waals surface area contributed by atoms with E-state index < -0.39 is 11.9 Å². The van der Waals surface area contributed by atoms with Crippen LogP contribution in [0.1, 0.15) is 32.0 Å². The fourth-order valence-corrected chi connectivity index (χ4v) is 3.02. The highest BCUT2D eigenvalue weighted by Gasteiger charge is 2.31. The van der Waals surface area contributed by atoms with Gasteiger partial charge in [0.15, 0.2) is 5.69 Å². The van der Waals surface area contributed by atoms with Gasteiger partial charge in [-0.15, -0.1) is 0 Å². The van der Waals surface area contributed by atoms with E-state index in [4.69, 9.17) is 15.2 Å². The van der Waals surface area contributed by atoms with E-state index in [1.807, 2.05) is 6.07 Å². The highest BCUT2D eigenvalue weighted by molar-refractivity contribution is 9.10. The maximum atomic E-state index is 12.1. The number of esters is 2. The summed E-state index contributed by atoms with van der Waals surface area (Å²) in [5, 5.41) is 9.17. The van der Waals surface area contributed by atoms with Gasteiger partial charge in [0.05, 0.1) is 29.6 Å². The summed E-state index contributed by atoms with van der Waals surface area (Å²) in [6, 6.07) is 5.41. The average Bonchev–Trinajstić information content (AvgIpc) is 3.07. The van der Waals surface area contributed by atoms with Crippen LogP contribution in [0.25, 0.3) is 5.69 Å². The number of hydrogen-bond donors (Lipinski definition) is 1. The van der Waals surface area contributed by atoms with E-state index in [9.17, 15) is 14.9 Å². The van der Waals surface area contributed by atoms with Crippen LogP contribution in [0.15, 0.2) is 22.8 Å². The summed E-state index contributed by atoms with van der Waals surface area (Å²) in [6.07, 6.45) is 1.40. The Bertz CT molecular complexity index is 895. The minimum atomic E-state index is -0.708. The number of cyclic esters (lactones) is 1. The largest absolute Gasteiger partial charge is 0.464 e. The van der Waals surface area contributed by atoms with Crippen molar-refractivity contribution in [3.63, 3.8) is 0 Å². The molecule has 2 N–H and O–H groups in total. The molecule has 0 fully saturated rings. The fourth-order valence-electron chi connectivity index (χ4n) is 2.50. The number of rotatable bonds is 2. The summed E-state index contributed by atoms with van der Waals surface area (Å²) in [5.41, 5.74) is 7.38. The summed E-state index contributed by atoms with van der Waals surface area (Å²) in [7, 11) is 1.21. The van der Waals surface area contributed by atoms with Crippen LogP contribution in [-0.2, 0) is 16.1 Å². The van der Waals surface area contributed by atoms with Gasteiger partial charge in [0.25, 0.3) is 0 Å². The summed E-state index contributed by atoms with van der Waals surface area (Å²) in [5.74, 6) is -1.21. The number of halogens is 1. The van der Waals surface area contributed by atoms with Crippen molar-refractivity contribution in [2.24, 2.45) is 0 Å². The van der Waals surface area contributed by atoms with Gasteiger partial charge in [-0.1, -0.05) is 6.07 Å². The van der Waals surface area contributed by atoms with Gasteiger partial charge in [-0.3, -0.25) is 0 Å². The Labute approximate surface area is 139 Å². The number of nitrogens with two attached hydrogens (primary N) is 1. The lowest BCUT2D eigenvalue weighted by Gasteiger charge is -2.13. The topological polar surface area (TPSA) is 107 Å². The van der Waals surface area contributed by atoms with Crippen LogP contribution in [0.4, 0.5) is 5.69 Å². The number of anilines is 1. The van der Waals surface area contributed by atoms with Gasteiger partial charge in [0.1, 0.15) is 12.7 Å². The predicted octanol–water partition coefficient (Wildman–Crippen LogP) is 2.15. The van der Waals surface area contributed by atoms with Gasteiger partial charge in [-0.25, -0.2) is 9.59 Å². The molecule has 1 aliphatic rings. The van der Waals surface area contributed by atoms with Crippen LogP contribution in [0.2, 0.25) is 0 Å². The van der Waals surface area contributed by atoms with Crippen LogP contribution in [0.3, 0.4) is 0 Å². The van der Waals surface area contributed by atoms with E-state index in [0.717, 1.165) is 0 Å². The second kappa shape index (κ2) is 5.44. The first-order valence-electron chi connectivity index (χ1n) is 6.47. The second-order valence-electron chi connectivity index (χ2n) is 4.78. The monoisotopic (exact) mass is 375 g/mol. The van der Waals surface area contributed by atoms with E-state index in [2.05, 4.69) is 15.9 Å². The minimum absolute atomic E-state index is 0.00443. The van der Waals surface area contributed by atoms with Crippen LogP contribution < -0.4 is 5.73 Å². The molecule has 116 valence electrons. The minimum Gasteiger partial charge on any atom is -0.464 e. The van der Waals surface area contributed by atoms with E-state index in [1.165, 1.54) is 17.9 Å². The normalized spacial score (nSPS) is 12.5. The molecule has 1 aromatic heterocycles. The van der Waals surface area contributed by atoms with Gasteiger partial charge >= 0.3 is 11.9 Å². The quantitative estimate of drug-likeness (QED) is 0.805. The maximum Gasteiger partial charge on any atom is 0.357 e. The third-order valence-corrected chi connectivity index (χ3v) is 4.20. The fraction of sp³-hybridized carbons (Fsp3) is 0.133. The van der Waals surface area contributed by atoms with Crippen LogP contribution in [0.5, 0.6) is 0 Å². The van der Waals surface area contributed by atoms with Crippen molar-refractivity contribution in [2.45, 2.75) is 6.61 Å². The van der Waals surface area contributed by atoms with Gasteiger partial charge in [0.2, 0.25) is 0 Å². The summed E-state index contributed by atoms with van der Waals surface area (Å²) in [6.45, 7) is 0.157. The van der Waals surface area contributed by atoms with Crippen molar-refractivity contribution in [1.82, 2.24) is 4.57 Å². The summed E-state index contributed by atoms with van der Waals surface area (Å²) >= 11 is 3.37. The Kier molecular flexibility index (Phi) is 3.58. The molecule has 0 bridgehead atoms. The molecule has 3 rings (SSSR count). The first kappa shape index (κ1) is 15.1. The van der Waals surface area contributed by atoms with E-state index in [0.29, 0.717) is 21.3 Å². The number of carbonyl (C=O) groups is 2. The zero-order chi connectivity index (χ0) is 16.7. The van der Waals surface area contributed by atoms with Crippen molar-refractivity contribution in [3.8, 4) is 11.8 Å². The molecule has 0 aliphatic carbocycles. The number of nitrogens with zero attached hydrogens (tertiary/aromatic N) is 2. The molecule has 2 aromatic rings. The van der Waals surface area contributed by atoms with Crippen LogP contribution in [0, 0.1) is 11.3 Å². The summed E-state index contributed by atoms with van der Waals surface area (Å²) < 4.78 is 11.7. The maximum absolute atomic E-state index is 12.1. The molecule has 1 aromatic carbocycles. The van der Waals surface area contributed by atoms with Crippen LogP contribution >= 0.6 is 15.9 Å². The highest BCUT2D eigenvalue weighted by atomic mass is 79.9. The van der Waals surface area contributed by atoms with Crippen molar-refractivity contribution < 1.29 is 19.1 Å². The zero-order valence-electron chi connectivity index (χ0n) is 11.9. The second-order valence-corrected chi connectivity index (χ2v) is 5.64. The Hall–Kier alpha value is -2.79. The molecular weight excluding hydrogens is 366 g/mol. The SMILES string of the molecule is COC(=O)c1c(N)c(C#N)cn1-c1c(Br)ccc2c1C(=O)OC2. The molecule has 0 radical (unpaired) electrons. The lowest BCUT2D eigenvalue weighted by Crippen LogP contribution is -2.13. The molecule has 0 atom stereocenters. The van der Waals surface area contributed by atoms with Crippen molar-refractivity contribution in [2.75, 3.05) is 12.8 Å². The number of fused-ring (bicyclic) bond motifs is 1. The Balaban J connectivity index is 2.38. The van der Waals surface area contributed by atoms with Gasteiger partial charge < -0.3 is 19.8 Å². The molecule has 1 aliphatic heterocycles. The number of nitriles is 1. The Morgan fingerprint density at radius 1 is 1.52 bits per heavy atom. The third kappa shape index (κ3) is 2.17. The van der Waals surface area contributed by atoms with E-state index in [-0.39, 0.29) is 23.6 Å². The first-order valence-corrected chi connectivity index (χ1v) is 7.27. The zero-order valence-corrected chi connectivity index (χ0v) is 13.5. The molecule has 0 saturated heterocycles. The number of benzene rings is 1. The molecule has 23 heavy (non-hydrogen) atoms. The number of carbonyl (C=O) groups excluding carboxylic acids is 2. The van der Waals surface area contributed by atoms with Gasteiger partial charge in [-0.2, -0.15) is 5.26 Å². The third-order valence-electron chi connectivity index (χ3n) is 3.56. The molecule has 8 heteroatoms. The molecular formula is C15H10BrN3O4. The number of aromatic nitrogens is 1. The standard InChI is InChI=1S/C15H10BrN3O4/c1-22-15(21)13-11(18)8(4-17)5-19(13)12-9(16)3-2-7-6-23-14(20)10(7)12/h2-3,5H,6,18H2,1H3. The predicted molar refractivity (Wildman–Crippen MR) is 83.1 cm³/mol. The van der Waals surface area contributed by atoms with Crippen molar-refractivity contribution in [1.29, 1.82) is 5.26 Å². The summed E-state index contributed by atoms with van der Waals surface area (Å²) in [4.78, 5) is 24.1. The number of hydrogen-bond acceptors (Lipinski definition) is 6. The van der Waals surface area contributed by atoms with E-state index >= 15 is 0 Å².